The maximum atomic E-state index is 12.5. The van der Waals surface area contributed by atoms with Crippen molar-refractivity contribution in [3.63, 3.8) is 0 Å². The number of hydrogen-bond donors (Lipinski definition) is 0. The lowest BCUT2D eigenvalue weighted by atomic mass is 10.1. The van der Waals surface area contributed by atoms with E-state index in [1.807, 2.05) is 4.90 Å². The van der Waals surface area contributed by atoms with Gasteiger partial charge in [-0.2, -0.15) is 0 Å². The van der Waals surface area contributed by atoms with Crippen molar-refractivity contribution in [2.75, 3.05) is 6.54 Å². The van der Waals surface area contributed by atoms with Gasteiger partial charge in [-0.15, -0.1) is 0 Å². The van der Waals surface area contributed by atoms with Gasteiger partial charge in [0.15, 0.2) is 0 Å². The number of benzene rings is 1. The lowest BCUT2D eigenvalue weighted by Gasteiger charge is -2.25. The van der Waals surface area contributed by atoms with E-state index in [0.29, 0.717) is 22.5 Å². The van der Waals surface area contributed by atoms with Crippen molar-refractivity contribution in [2.24, 2.45) is 5.92 Å². The highest BCUT2D eigenvalue weighted by molar-refractivity contribution is 9.10. The van der Waals surface area contributed by atoms with Gasteiger partial charge in [-0.05, 0) is 52.9 Å². The molecule has 1 fully saturated rings. The van der Waals surface area contributed by atoms with Gasteiger partial charge < -0.3 is 4.90 Å². The molecule has 0 spiro atoms. The molecule has 2 rings (SSSR count). The van der Waals surface area contributed by atoms with Crippen LogP contribution >= 0.6 is 27.5 Å². The second kappa shape index (κ2) is 5.62. The third-order valence-corrected chi connectivity index (χ3v) is 3.86. The van der Waals surface area contributed by atoms with E-state index in [2.05, 4.69) is 29.8 Å². The highest BCUT2D eigenvalue weighted by atomic mass is 79.9. The quantitative estimate of drug-likeness (QED) is 0.803. The topological polar surface area (TPSA) is 20.3 Å². The number of carbonyl (C=O) groups is 1. The third kappa shape index (κ3) is 3.27. The van der Waals surface area contributed by atoms with Crippen molar-refractivity contribution in [1.29, 1.82) is 0 Å². The second-order valence-corrected chi connectivity index (χ2v) is 6.50. The first kappa shape index (κ1) is 13.9. The van der Waals surface area contributed by atoms with Crippen LogP contribution in [-0.2, 0) is 0 Å². The number of halogens is 2. The molecular formula is C14H17BrClNO. The predicted molar refractivity (Wildman–Crippen MR) is 78.0 cm³/mol. The van der Waals surface area contributed by atoms with E-state index in [0.717, 1.165) is 23.9 Å². The second-order valence-electron chi connectivity index (χ2n) is 5.21. The van der Waals surface area contributed by atoms with Crippen LogP contribution in [0.15, 0.2) is 22.7 Å². The molecule has 1 saturated carbocycles. The van der Waals surface area contributed by atoms with Crippen LogP contribution in [0.25, 0.3) is 0 Å². The van der Waals surface area contributed by atoms with Crippen molar-refractivity contribution in [1.82, 2.24) is 4.90 Å². The summed E-state index contributed by atoms with van der Waals surface area (Å²) in [5.74, 6) is 0.593. The van der Waals surface area contributed by atoms with Crippen LogP contribution in [0.1, 0.15) is 37.0 Å². The van der Waals surface area contributed by atoms with Gasteiger partial charge >= 0.3 is 0 Å². The van der Waals surface area contributed by atoms with Crippen molar-refractivity contribution in [2.45, 2.75) is 32.7 Å². The fourth-order valence-electron chi connectivity index (χ4n) is 2.00. The summed E-state index contributed by atoms with van der Waals surface area (Å²) in [6.45, 7) is 5.09. The van der Waals surface area contributed by atoms with Gasteiger partial charge in [0.1, 0.15) is 0 Å². The molecular weight excluding hydrogens is 314 g/mol. The highest BCUT2D eigenvalue weighted by Gasteiger charge is 2.33. The Morgan fingerprint density at radius 1 is 1.50 bits per heavy atom. The molecule has 0 aromatic heterocycles. The molecule has 1 aliphatic carbocycles. The Bertz CT molecular complexity index is 457. The lowest BCUT2D eigenvalue weighted by Crippen LogP contribution is -2.36. The van der Waals surface area contributed by atoms with Gasteiger partial charge in [0.2, 0.25) is 0 Å². The summed E-state index contributed by atoms with van der Waals surface area (Å²) in [5.41, 5.74) is 0.701. The average Bonchev–Trinajstić information content (AvgIpc) is 3.08. The first-order chi connectivity index (χ1) is 8.49. The minimum atomic E-state index is 0.106. The molecule has 1 amide bonds. The Kier molecular flexibility index (Phi) is 4.33. The molecule has 1 aromatic carbocycles. The fraction of sp³-hybridized carbons (Fsp3) is 0.500. The van der Waals surface area contributed by atoms with E-state index in [4.69, 9.17) is 11.6 Å². The van der Waals surface area contributed by atoms with E-state index in [1.54, 1.807) is 18.2 Å². The van der Waals surface area contributed by atoms with Crippen LogP contribution in [0.3, 0.4) is 0 Å². The molecule has 0 N–H and O–H groups in total. The molecule has 1 aliphatic rings. The SMILES string of the molecule is CC(C)CN(C(=O)c1ccc(Cl)cc1Br)C1CC1. The summed E-state index contributed by atoms with van der Waals surface area (Å²) in [5, 5.41) is 0.639. The molecule has 0 saturated heterocycles. The summed E-state index contributed by atoms with van der Waals surface area (Å²) in [6, 6.07) is 5.77. The van der Waals surface area contributed by atoms with Crippen LogP contribution in [0.4, 0.5) is 0 Å². The zero-order chi connectivity index (χ0) is 13.3. The van der Waals surface area contributed by atoms with Crippen LogP contribution in [0.5, 0.6) is 0 Å². The number of nitrogens with zero attached hydrogens (tertiary/aromatic N) is 1. The summed E-state index contributed by atoms with van der Waals surface area (Å²) < 4.78 is 0.773. The average molecular weight is 331 g/mol. The molecule has 1 aromatic rings. The molecule has 4 heteroatoms. The summed E-state index contributed by atoms with van der Waals surface area (Å²) in [4.78, 5) is 14.5. The molecule has 18 heavy (non-hydrogen) atoms. The smallest absolute Gasteiger partial charge is 0.255 e. The summed E-state index contributed by atoms with van der Waals surface area (Å²) >= 11 is 9.33. The standard InChI is InChI=1S/C14H17BrClNO/c1-9(2)8-17(11-4-5-11)14(18)12-6-3-10(16)7-13(12)15/h3,6-7,9,11H,4-5,8H2,1-2H3. The molecule has 0 bridgehead atoms. The maximum absolute atomic E-state index is 12.5. The molecule has 0 radical (unpaired) electrons. The van der Waals surface area contributed by atoms with Crippen molar-refractivity contribution >= 4 is 33.4 Å². The van der Waals surface area contributed by atoms with Crippen molar-refractivity contribution in [3.8, 4) is 0 Å². The monoisotopic (exact) mass is 329 g/mol. The predicted octanol–water partition coefficient (Wildman–Crippen LogP) is 4.36. The summed E-state index contributed by atoms with van der Waals surface area (Å²) in [7, 11) is 0. The lowest BCUT2D eigenvalue weighted by molar-refractivity contribution is 0.0721. The number of carbonyl (C=O) groups excluding carboxylic acids is 1. The van der Waals surface area contributed by atoms with E-state index in [-0.39, 0.29) is 5.91 Å². The zero-order valence-electron chi connectivity index (χ0n) is 10.6. The largest absolute Gasteiger partial charge is 0.335 e. The third-order valence-electron chi connectivity index (χ3n) is 2.97. The normalized spacial score (nSPS) is 14.9. The van der Waals surface area contributed by atoms with Crippen LogP contribution in [-0.4, -0.2) is 23.4 Å². The zero-order valence-corrected chi connectivity index (χ0v) is 13.0. The Morgan fingerprint density at radius 3 is 2.67 bits per heavy atom. The van der Waals surface area contributed by atoms with Gasteiger partial charge in [-0.25, -0.2) is 0 Å². The van der Waals surface area contributed by atoms with E-state index < -0.39 is 0 Å². The van der Waals surface area contributed by atoms with Gasteiger partial charge in [-0.1, -0.05) is 25.4 Å². The number of amides is 1. The Labute approximate surface area is 121 Å². The van der Waals surface area contributed by atoms with E-state index >= 15 is 0 Å². The molecule has 0 unspecified atom stereocenters. The highest BCUT2D eigenvalue weighted by Crippen LogP contribution is 2.31. The van der Waals surface area contributed by atoms with Gasteiger partial charge in [-0.3, -0.25) is 4.79 Å². The minimum absolute atomic E-state index is 0.106. The van der Waals surface area contributed by atoms with Crippen molar-refractivity contribution in [3.05, 3.63) is 33.3 Å². The minimum Gasteiger partial charge on any atom is -0.335 e. The Balaban J connectivity index is 2.22. The van der Waals surface area contributed by atoms with Crippen LogP contribution in [0.2, 0.25) is 5.02 Å². The van der Waals surface area contributed by atoms with Gasteiger partial charge in [0.05, 0.1) is 5.56 Å². The van der Waals surface area contributed by atoms with Crippen molar-refractivity contribution < 1.29 is 4.79 Å². The van der Waals surface area contributed by atoms with Gasteiger partial charge in [0, 0.05) is 22.1 Å². The first-order valence-corrected chi connectivity index (χ1v) is 7.42. The van der Waals surface area contributed by atoms with E-state index in [1.165, 1.54) is 0 Å². The molecule has 0 heterocycles. The van der Waals surface area contributed by atoms with Gasteiger partial charge in [0.25, 0.3) is 5.91 Å². The number of hydrogen-bond acceptors (Lipinski definition) is 1. The fourth-order valence-corrected chi connectivity index (χ4v) is 2.85. The Morgan fingerprint density at radius 2 is 2.17 bits per heavy atom. The van der Waals surface area contributed by atoms with E-state index in [9.17, 15) is 4.79 Å². The van der Waals surface area contributed by atoms with Crippen LogP contribution in [0, 0.1) is 5.92 Å². The molecule has 0 aliphatic heterocycles. The maximum Gasteiger partial charge on any atom is 0.255 e. The summed E-state index contributed by atoms with van der Waals surface area (Å²) in [6.07, 6.45) is 2.26. The molecule has 2 nitrogen and oxygen atoms in total. The first-order valence-electron chi connectivity index (χ1n) is 6.25. The Hall–Kier alpha value is -0.540. The van der Waals surface area contributed by atoms with Crippen LogP contribution < -0.4 is 0 Å². The molecule has 0 atom stereocenters. The molecule has 98 valence electrons. The number of rotatable bonds is 4.